The third-order valence-corrected chi connectivity index (χ3v) is 4.68. The standard InChI is InChI=1S/C16H14ClFN2O3S/c1-2-9-19-16(21)12-5-3-4-6-15(12)20-24(22,23)11-7-8-14(18)13(17)10-11/h2-8,10,20H,1,9H2,(H,19,21). The van der Waals surface area contributed by atoms with Gasteiger partial charge in [-0.15, -0.1) is 6.58 Å². The number of hydrogen-bond donors (Lipinski definition) is 2. The van der Waals surface area contributed by atoms with E-state index in [1.165, 1.54) is 18.2 Å². The molecule has 2 aromatic rings. The molecule has 0 bridgehead atoms. The lowest BCUT2D eigenvalue weighted by atomic mass is 10.1. The summed E-state index contributed by atoms with van der Waals surface area (Å²) in [7, 11) is -4.03. The predicted octanol–water partition coefficient (Wildman–Crippen LogP) is 3.20. The van der Waals surface area contributed by atoms with Gasteiger partial charge < -0.3 is 5.32 Å². The molecule has 0 aliphatic rings. The van der Waals surface area contributed by atoms with Gasteiger partial charge in [-0.1, -0.05) is 29.8 Å². The SMILES string of the molecule is C=CCNC(=O)c1ccccc1NS(=O)(=O)c1ccc(F)c(Cl)c1. The van der Waals surface area contributed by atoms with Gasteiger partial charge in [-0.05, 0) is 30.3 Å². The number of benzene rings is 2. The van der Waals surface area contributed by atoms with Crippen LogP contribution in [0.5, 0.6) is 0 Å². The lowest BCUT2D eigenvalue weighted by Gasteiger charge is -2.12. The molecule has 2 N–H and O–H groups in total. The molecule has 8 heteroatoms. The number of rotatable bonds is 6. The van der Waals surface area contributed by atoms with Crippen molar-refractivity contribution in [1.82, 2.24) is 5.32 Å². The van der Waals surface area contributed by atoms with Crippen LogP contribution < -0.4 is 10.0 Å². The quantitative estimate of drug-likeness (QED) is 0.769. The lowest BCUT2D eigenvalue weighted by molar-refractivity contribution is 0.0959. The van der Waals surface area contributed by atoms with Crippen molar-refractivity contribution in [2.45, 2.75) is 4.90 Å². The summed E-state index contributed by atoms with van der Waals surface area (Å²) in [5, 5.41) is 2.26. The summed E-state index contributed by atoms with van der Waals surface area (Å²) in [5.41, 5.74) is 0.246. The molecule has 0 unspecified atom stereocenters. The van der Waals surface area contributed by atoms with Crippen LogP contribution in [-0.4, -0.2) is 20.9 Å². The largest absolute Gasteiger partial charge is 0.349 e. The Morgan fingerprint density at radius 1 is 1.25 bits per heavy atom. The third-order valence-electron chi connectivity index (χ3n) is 3.02. The molecule has 0 atom stereocenters. The van der Waals surface area contributed by atoms with Gasteiger partial charge in [0, 0.05) is 6.54 Å². The molecule has 0 radical (unpaired) electrons. The van der Waals surface area contributed by atoms with Crippen molar-refractivity contribution in [3.05, 3.63) is 71.5 Å². The van der Waals surface area contributed by atoms with Gasteiger partial charge in [-0.25, -0.2) is 12.8 Å². The molecular weight excluding hydrogens is 355 g/mol. The van der Waals surface area contributed by atoms with E-state index in [0.29, 0.717) is 0 Å². The van der Waals surface area contributed by atoms with E-state index in [1.54, 1.807) is 12.1 Å². The summed E-state index contributed by atoms with van der Waals surface area (Å²) in [4.78, 5) is 11.9. The summed E-state index contributed by atoms with van der Waals surface area (Å²) in [6.07, 6.45) is 1.51. The molecule has 2 aromatic carbocycles. The zero-order valence-corrected chi connectivity index (χ0v) is 14.0. The number of sulfonamides is 1. The highest BCUT2D eigenvalue weighted by molar-refractivity contribution is 7.92. The zero-order valence-electron chi connectivity index (χ0n) is 12.4. The van der Waals surface area contributed by atoms with Crippen LogP contribution in [0.2, 0.25) is 5.02 Å². The summed E-state index contributed by atoms with van der Waals surface area (Å²) < 4.78 is 40.3. The first-order valence-corrected chi connectivity index (χ1v) is 8.67. The molecule has 5 nitrogen and oxygen atoms in total. The smallest absolute Gasteiger partial charge is 0.261 e. The van der Waals surface area contributed by atoms with Crippen LogP contribution in [0, 0.1) is 5.82 Å². The molecule has 126 valence electrons. The molecule has 0 fully saturated rings. The minimum atomic E-state index is -4.03. The number of carbonyl (C=O) groups excluding carboxylic acids is 1. The minimum absolute atomic E-state index is 0.0968. The first kappa shape index (κ1) is 18.0. The molecule has 24 heavy (non-hydrogen) atoms. The molecule has 0 aromatic heterocycles. The van der Waals surface area contributed by atoms with Gasteiger partial charge in [0.25, 0.3) is 15.9 Å². The Morgan fingerprint density at radius 2 is 1.96 bits per heavy atom. The van der Waals surface area contributed by atoms with Gasteiger partial charge in [0.1, 0.15) is 5.82 Å². The Bertz CT molecular complexity index is 885. The van der Waals surface area contributed by atoms with Crippen LogP contribution in [0.3, 0.4) is 0 Å². The fourth-order valence-electron chi connectivity index (χ4n) is 1.88. The van der Waals surface area contributed by atoms with Gasteiger partial charge in [0.05, 0.1) is 21.2 Å². The maximum Gasteiger partial charge on any atom is 0.261 e. The Hall–Kier alpha value is -2.38. The number of hydrogen-bond acceptors (Lipinski definition) is 3. The zero-order chi connectivity index (χ0) is 17.7. The topological polar surface area (TPSA) is 75.3 Å². The Labute approximate surface area is 144 Å². The van der Waals surface area contributed by atoms with Crippen molar-refractivity contribution in [1.29, 1.82) is 0 Å². The van der Waals surface area contributed by atoms with Gasteiger partial charge in [-0.2, -0.15) is 0 Å². The van der Waals surface area contributed by atoms with E-state index < -0.39 is 21.7 Å². The van der Waals surface area contributed by atoms with Gasteiger partial charge in [-0.3, -0.25) is 9.52 Å². The van der Waals surface area contributed by atoms with Crippen LogP contribution >= 0.6 is 11.6 Å². The van der Waals surface area contributed by atoms with Gasteiger partial charge >= 0.3 is 0 Å². The molecule has 0 saturated carbocycles. The highest BCUT2D eigenvalue weighted by Gasteiger charge is 2.19. The predicted molar refractivity (Wildman–Crippen MR) is 91.2 cm³/mol. The van der Waals surface area contributed by atoms with Crippen LogP contribution in [0.25, 0.3) is 0 Å². The molecule has 0 spiro atoms. The second-order valence-corrected chi connectivity index (χ2v) is 6.82. The maximum atomic E-state index is 13.2. The van der Waals surface area contributed by atoms with Crippen LogP contribution in [-0.2, 0) is 10.0 Å². The fourth-order valence-corrected chi connectivity index (χ4v) is 3.23. The normalized spacial score (nSPS) is 10.9. The highest BCUT2D eigenvalue weighted by Crippen LogP contribution is 2.23. The summed E-state index contributed by atoms with van der Waals surface area (Å²) in [5.74, 6) is -1.18. The number of nitrogens with one attached hydrogen (secondary N) is 2. The fraction of sp³-hybridized carbons (Fsp3) is 0.0625. The van der Waals surface area contributed by atoms with E-state index in [9.17, 15) is 17.6 Å². The van der Waals surface area contributed by atoms with Gasteiger partial charge in [0.15, 0.2) is 0 Å². The van der Waals surface area contributed by atoms with E-state index in [4.69, 9.17) is 11.6 Å². The molecular formula is C16H14ClFN2O3S. The van der Waals surface area contributed by atoms with Crippen molar-refractivity contribution in [3.63, 3.8) is 0 Å². The average Bonchev–Trinajstić information content (AvgIpc) is 2.55. The van der Waals surface area contributed by atoms with E-state index in [2.05, 4.69) is 16.6 Å². The van der Waals surface area contributed by atoms with Crippen molar-refractivity contribution in [2.24, 2.45) is 0 Å². The van der Waals surface area contributed by atoms with Crippen LogP contribution in [0.4, 0.5) is 10.1 Å². The summed E-state index contributed by atoms with van der Waals surface area (Å²) in [6, 6.07) is 9.16. The van der Waals surface area contributed by atoms with Crippen molar-refractivity contribution in [2.75, 3.05) is 11.3 Å². The second kappa shape index (κ2) is 7.46. The Balaban J connectivity index is 2.34. The van der Waals surface area contributed by atoms with Gasteiger partial charge in [0.2, 0.25) is 0 Å². The average molecular weight is 369 g/mol. The van der Waals surface area contributed by atoms with E-state index in [-0.39, 0.29) is 27.7 Å². The first-order valence-electron chi connectivity index (χ1n) is 6.81. The number of halogens is 2. The first-order chi connectivity index (χ1) is 11.3. The molecule has 2 rings (SSSR count). The summed E-state index contributed by atoms with van der Waals surface area (Å²) in [6.45, 7) is 3.74. The van der Waals surface area contributed by atoms with Crippen molar-refractivity contribution in [3.8, 4) is 0 Å². The van der Waals surface area contributed by atoms with Crippen LogP contribution in [0.1, 0.15) is 10.4 Å². The second-order valence-electron chi connectivity index (χ2n) is 4.73. The number of carbonyl (C=O) groups is 1. The highest BCUT2D eigenvalue weighted by atomic mass is 35.5. The monoisotopic (exact) mass is 368 g/mol. The number of anilines is 1. The van der Waals surface area contributed by atoms with E-state index >= 15 is 0 Å². The third kappa shape index (κ3) is 4.12. The van der Waals surface area contributed by atoms with E-state index in [0.717, 1.165) is 18.2 Å². The Morgan fingerprint density at radius 3 is 2.62 bits per heavy atom. The maximum absolute atomic E-state index is 13.2. The molecule has 0 saturated heterocycles. The van der Waals surface area contributed by atoms with Crippen molar-refractivity contribution >= 4 is 33.2 Å². The van der Waals surface area contributed by atoms with Crippen LogP contribution in [0.15, 0.2) is 60.0 Å². The van der Waals surface area contributed by atoms with Crippen molar-refractivity contribution < 1.29 is 17.6 Å². The molecule has 0 heterocycles. The molecule has 0 aliphatic heterocycles. The molecule has 0 aliphatic carbocycles. The minimum Gasteiger partial charge on any atom is -0.349 e. The van der Waals surface area contributed by atoms with E-state index in [1.807, 2.05) is 0 Å². The molecule has 1 amide bonds. The summed E-state index contributed by atoms with van der Waals surface area (Å²) >= 11 is 5.62. The Kier molecular flexibility index (Phi) is 5.58. The lowest BCUT2D eigenvalue weighted by Crippen LogP contribution is -2.25. The number of amides is 1. The number of para-hydroxylation sites is 1.